The fourth-order valence-corrected chi connectivity index (χ4v) is 2.94. The molecule has 1 amide bonds. The zero-order valence-corrected chi connectivity index (χ0v) is 12.9. The minimum absolute atomic E-state index is 0.0127. The van der Waals surface area contributed by atoms with Crippen LogP contribution in [0.15, 0.2) is 28.7 Å². The summed E-state index contributed by atoms with van der Waals surface area (Å²) in [4.78, 5) is 12.0. The monoisotopic (exact) mass is 324 g/mol. The van der Waals surface area contributed by atoms with Crippen LogP contribution < -0.4 is 10.6 Å². The first-order chi connectivity index (χ1) is 9.09. The van der Waals surface area contributed by atoms with Crippen LogP contribution >= 0.6 is 15.9 Å². The molecule has 0 aromatic heterocycles. The van der Waals surface area contributed by atoms with Crippen molar-refractivity contribution in [1.29, 1.82) is 0 Å². The molecule has 1 aromatic rings. The van der Waals surface area contributed by atoms with Crippen LogP contribution in [0.2, 0.25) is 0 Å². The minimum atomic E-state index is 0.0127. The minimum Gasteiger partial charge on any atom is -0.324 e. The lowest BCUT2D eigenvalue weighted by molar-refractivity contribution is -0.115. The van der Waals surface area contributed by atoms with E-state index in [0.29, 0.717) is 6.54 Å². The molecule has 1 aliphatic rings. The van der Waals surface area contributed by atoms with E-state index in [2.05, 4.69) is 33.5 Å². The molecule has 0 spiro atoms. The fourth-order valence-electron chi connectivity index (χ4n) is 2.56. The van der Waals surface area contributed by atoms with Gasteiger partial charge in [0.05, 0.1) is 12.2 Å². The van der Waals surface area contributed by atoms with Gasteiger partial charge in [0.1, 0.15) is 0 Å². The highest BCUT2D eigenvalue weighted by Gasteiger charge is 2.26. The molecular formula is C15H21BrN2O. The van der Waals surface area contributed by atoms with Crippen molar-refractivity contribution in [2.24, 2.45) is 0 Å². The second-order valence-corrected chi connectivity index (χ2v) is 6.36. The van der Waals surface area contributed by atoms with Crippen LogP contribution in [0, 0.1) is 0 Å². The van der Waals surface area contributed by atoms with Crippen LogP contribution in [0.5, 0.6) is 0 Å². The Morgan fingerprint density at radius 1 is 1.26 bits per heavy atom. The Morgan fingerprint density at radius 3 is 2.63 bits per heavy atom. The van der Waals surface area contributed by atoms with Gasteiger partial charge in [0.15, 0.2) is 0 Å². The van der Waals surface area contributed by atoms with E-state index in [4.69, 9.17) is 0 Å². The number of rotatable bonds is 4. The number of carbonyl (C=O) groups is 1. The third-order valence-corrected chi connectivity index (χ3v) is 4.47. The van der Waals surface area contributed by atoms with Gasteiger partial charge in [0, 0.05) is 10.0 Å². The van der Waals surface area contributed by atoms with Crippen LogP contribution in [0.25, 0.3) is 0 Å². The molecule has 2 rings (SSSR count). The summed E-state index contributed by atoms with van der Waals surface area (Å²) >= 11 is 3.43. The predicted octanol–water partition coefficient (Wildman–Crippen LogP) is 3.70. The van der Waals surface area contributed by atoms with Gasteiger partial charge in [-0.2, -0.15) is 0 Å². The molecule has 3 nitrogen and oxygen atoms in total. The second kappa shape index (κ2) is 6.53. The van der Waals surface area contributed by atoms with Gasteiger partial charge in [-0.15, -0.1) is 0 Å². The molecule has 1 aliphatic carbocycles. The summed E-state index contributed by atoms with van der Waals surface area (Å²) in [7, 11) is 0. The molecule has 4 heteroatoms. The Balaban J connectivity index is 1.83. The van der Waals surface area contributed by atoms with Crippen LogP contribution in [-0.2, 0) is 4.79 Å². The highest BCUT2D eigenvalue weighted by atomic mass is 79.9. The standard InChI is InChI=1S/C15H21BrN2O/c1-15(9-5-2-6-10-15)17-11-14(19)18-13-8-4-3-7-12(13)16/h3-4,7-8,17H,2,5-6,9-11H2,1H3,(H,18,19). The average molecular weight is 325 g/mol. The average Bonchev–Trinajstić information content (AvgIpc) is 2.40. The fraction of sp³-hybridized carbons (Fsp3) is 0.533. The molecule has 104 valence electrons. The third kappa shape index (κ3) is 4.32. The Labute approximate surface area is 123 Å². The van der Waals surface area contributed by atoms with E-state index in [1.165, 1.54) is 19.3 Å². The van der Waals surface area contributed by atoms with Gasteiger partial charge in [0.2, 0.25) is 5.91 Å². The molecule has 0 radical (unpaired) electrons. The van der Waals surface area contributed by atoms with Crippen molar-refractivity contribution >= 4 is 27.5 Å². The van der Waals surface area contributed by atoms with Crippen LogP contribution in [-0.4, -0.2) is 18.0 Å². The number of amides is 1. The normalized spacial score (nSPS) is 18.0. The maximum atomic E-state index is 12.0. The van der Waals surface area contributed by atoms with Crippen molar-refractivity contribution in [1.82, 2.24) is 5.32 Å². The van der Waals surface area contributed by atoms with E-state index in [-0.39, 0.29) is 11.4 Å². The van der Waals surface area contributed by atoms with Gasteiger partial charge in [0.25, 0.3) is 0 Å². The summed E-state index contributed by atoms with van der Waals surface area (Å²) in [5, 5.41) is 6.33. The van der Waals surface area contributed by atoms with Crippen molar-refractivity contribution in [2.45, 2.75) is 44.6 Å². The first-order valence-corrected chi connectivity index (χ1v) is 7.68. The predicted molar refractivity (Wildman–Crippen MR) is 82.3 cm³/mol. The van der Waals surface area contributed by atoms with Crippen molar-refractivity contribution < 1.29 is 4.79 Å². The number of carbonyl (C=O) groups excluding carboxylic acids is 1. The Kier molecular flexibility index (Phi) is 4.99. The Morgan fingerprint density at radius 2 is 1.95 bits per heavy atom. The smallest absolute Gasteiger partial charge is 0.238 e. The topological polar surface area (TPSA) is 41.1 Å². The molecule has 0 bridgehead atoms. The molecule has 0 heterocycles. The number of hydrogen-bond donors (Lipinski definition) is 2. The van der Waals surface area contributed by atoms with E-state index >= 15 is 0 Å². The summed E-state index contributed by atoms with van der Waals surface area (Å²) in [5.41, 5.74) is 0.951. The number of hydrogen-bond acceptors (Lipinski definition) is 2. The SMILES string of the molecule is CC1(NCC(=O)Nc2ccccc2Br)CCCCC1. The van der Waals surface area contributed by atoms with Gasteiger partial charge in [-0.1, -0.05) is 31.4 Å². The van der Waals surface area contributed by atoms with E-state index < -0.39 is 0 Å². The number of benzene rings is 1. The maximum absolute atomic E-state index is 12.0. The number of halogens is 1. The van der Waals surface area contributed by atoms with Gasteiger partial charge in [-0.05, 0) is 47.8 Å². The molecular weight excluding hydrogens is 304 g/mol. The third-order valence-electron chi connectivity index (χ3n) is 3.78. The summed E-state index contributed by atoms with van der Waals surface area (Å²) in [6.45, 7) is 2.59. The van der Waals surface area contributed by atoms with E-state index in [1.54, 1.807) is 0 Å². The Bertz CT molecular complexity index is 442. The number of anilines is 1. The van der Waals surface area contributed by atoms with Crippen molar-refractivity contribution in [3.63, 3.8) is 0 Å². The highest BCUT2D eigenvalue weighted by Crippen LogP contribution is 2.27. The van der Waals surface area contributed by atoms with Gasteiger partial charge in [-0.25, -0.2) is 0 Å². The van der Waals surface area contributed by atoms with E-state index in [1.807, 2.05) is 24.3 Å². The lowest BCUT2D eigenvalue weighted by Crippen LogP contribution is -2.47. The molecule has 0 aliphatic heterocycles. The van der Waals surface area contributed by atoms with Crippen molar-refractivity contribution in [3.8, 4) is 0 Å². The molecule has 2 N–H and O–H groups in total. The molecule has 0 saturated heterocycles. The largest absolute Gasteiger partial charge is 0.324 e. The summed E-state index contributed by atoms with van der Waals surface area (Å²) in [5.74, 6) is 0.0127. The first kappa shape index (κ1) is 14.5. The highest BCUT2D eigenvalue weighted by molar-refractivity contribution is 9.10. The van der Waals surface area contributed by atoms with Gasteiger partial charge < -0.3 is 10.6 Å². The van der Waals surface area contributed by atoms with Crippen molar-refractivity contribution in [3.05, 3.63) is 28.7 Å². The van der Waals surface area contributed by atoms with Crippen LogP contribution in [0.1, 0.15) is 39.0 Å². The quantitative estimate of drug-likeness (QED) is 0.886. The lowest BCUT2D eigenvalue weighted by atomic mass is 9.83. The lowest BCUT2D eigenvalue weighted by Gasteiger charge is -2.34. The molecule has 0 atom stereocenters. The zero-order chi connectivity index (χ0) is 13.7. The maximum Gasteiger partial charge on any atom is 0.238 e. The zero-order valence-electron chi connectivity index (χ0n) is 11.3. The van der Waals surface area contributed by atoms with Gasteiger partial charge in [-0.3, -0.25) is 4.79 Å². The molecule has 0 unspecified atom stereocenters. The van der Waals surface area contributed by atoms with Gasteiger partial charge >= 0.3 is 0 Å². The number of nitrogens with one attached hydrogen (secondary N) is 2. The van der Waals surface area contributed by atoms with Crippen molar-refractivity contribution in [2.75, 3.05) is 11.9 Å². The molecule has 1 aromatic carbocycles. The van der Waals surface area contributed by atoms with Crippen LogP contribution in [0.4, 0.5) is 5.69 Å². The second-order valence-electron chi connectivity index (χ2n) is 5.50. The number of para-hydroxylation sites is 1. The molecule has 1 fully saturated rings. The summed E-state index contributed by atoms with van der Waals surface area (Å²) in [6.07, 6.45) is 6.16. The summed E-state index contributed by atoms with van der Waals surface area (Å²) < 4.78 is 0.909. The first-order valence-electron chi connectivity index (χ1n) is 6.88. The van der Waals surface area contributed by atoms with Crippen LogP contribution in [0.3, 0.4) is 0 Å². The molecule has 1 saturated carbocycles. The summed E-state index contributed by atoms with van der Waals surface area (Å²) in [6, 6.07) is 7.66. The Hall–Kier alpha value is -0.870. The van der Waals surface area contributed by atoms with E-state index in [9.17, 15) is 4.79 Å². The van der Waals surface area contributed by atoms with E-state index in [0.717, 1.165) is 23.0 Å². The molecule has 19 heavy (non-hydrogen) atoms.